The lowest BCUT2D eigenvalue weighted by Crippen LogP contribution is -2.34. The lowest BCUT2D eigenvalue weighted by molar-refractivity contribution is -0.383. The number of pyridine rings is 1. The minimum Gasteiger partial charge on any atom is -0.406 e. The molecule has 0 spiro atoms. The van der Waals surface area contributed by atoms with Crippen molar-refractivity contribution in [2.45, 2.75) is 19.3 Å². The summed E-state index contributed by atoms with van der Waals surface area (Å²) in [4.78, 5) is 37.3. The number of non-ortho nitro benzene ring substituents is 1. The molecule has 0 unspecified atom stereocenters. The van der Waals surface area contributed by atoms with Crippen LogP contribution in [0.4, 0.5) is 18.9 Å². The van der Waals surface area contributed by atoms with Crippen molar-refractivity contribution in [3.8, 4) is 5.75 Å². The van der Waals surface area contributed by atoms with Crippen LogP contribution in [0.25, 0.3) is 10.9 Å². The van der Waals surface area contributed by atoms with Crippen molar-refractivity contribution in [1.29, 1.82) is 0 Å². The van der Waals surface area contributed by atoms with E-state index in [4.69, 9.17) is 0 Å². The van der Waals surface area contributed by atoms with Crippen LogP contribution < -0.4 is 15.6 Å². The zero-order valence-electron chi connectivity index (χ0n) is 19.2. The van der Waals surface area contributed by atoms with Crippen molar-refractivity contribution in [3.63, 3.8) is 0 Å². The number of alkyl halides is 3. The van der Waals surface area contributed by atoms with E-state index >= 15 is 0 Å². The largest absolute Gasteiger partial charge is 0.573 e. The van der Waals surface area contributed by atoms with Crippen LogP contribution in [0.1, 0.15) is 21.5 Å². The number of amides is 1. The maximum Gasteiger partial charge on any atom is 0.573 e. The second-order valence-electron chi connectivity index (χ2n) is 8.10. The number of nitro groups is 1. The summed E-state index contributed by atoms with van der Waals surface area (Å²) in [6.45, 7) is 0.0891. The van der Waals surface area contributed by atoms with Crippen LogP contribution in [0.3, 0.4) is 0 Å². The Morgan fingerprint density at radius 3 is 2.32 bits per heavy atom. The number of nitrogens with one attached hydrogen (secondary N) is 1. The van der Waals surface area contributed by atoms with Gasteiger partial charge in [-0.2, -0.15) is 0 Å². The summed E-state index contributed by atoms with van der Waals surface area (Å²) >= 11 is 0. The number of benzene rings is 3. The number of halogens is 3. The molecule has 0 aliphatic carbocycles. The van der Waals surface area contributed by atoms with E-state index < -0.39 is 28.5 Å². The van der Waals surface area contributed by atoms with Gasteiger partial charge in [0.2, 0.25) is 0 Å². The third-order valence-corrected chi connectivity index (χ3v) is 5.60. The van der Waals surface area contributed by atoms with E-state index in [0.29, 0.717) is 12.0 Å². The maximum atomic E-state index is 13.4. The molecular weight excluding hydrogens is 491 g/mol. The van der Waals surface area contributed by atoms with E-state index in [-0.39, 0.29) is 35.2 Å². The summed E-state index contributed by atoms with van der Waals surface area (Å²) in [6.07, 6.45) is -4.34. The van der Waals surface area contributed by atoms with Gasteiger partial charge >= 0.3 is 6.36 Å². The van der Waals surface area contributed by atoms with Crippen LogP contribution in [0.5, 0.6) is 5.75 Å². The van der Waals surface area contributed by atoms with Gasteiger partial charge in [0, 0.05) is 12.6 Å². The number of fused-ring (bicyclic) bond motifs is 1. The first-order valence-electron chi connectivity index (χ1n) is 11.1. The molecule has 1 N–H and O–H groups in total. The predicted octanol–water partition coefficient (Wildman–Crippen LogP) is 4.83. The third kappa shape index (κ3) is 6.13. The average Bonchev–Trinajstić information content (AvgIpc) is 2.85. The van der Waals surface area contributed by atoms with Gasteiger partial charge in [0.05, 0.1) is 22.4 Å². The molecule has 0 saturated heterocycles. The van der Waals surface area contributed by atoms with Crippen LogP contribution in [-0.4, -0.2) is 28.3 Å². The Labute approximate surface area is 208 Å². The summed E-state index contributed by atoms with van der Waals surface area (Å²) in [5.74, 6) is -1.13. The van der Waals surface area contributed by atoms with Crippen molar-refractivity contribution < 1.29 is 27.6 Å². The topological polar surface area (TPSA) is 103 Å². The molecule has 0 saturated carbocycles. The molecule has 0 radical (unpaired) electrons. The van der Waals surface area contributed by atoms with Crippen LogP contribution in [0.2, 0.25) is 0 Å². The normalized spacial score (nSPS) is 11.3. The molecule has 37 heavy (non-hydrogen) atoms. The van der Waals surface area contributed by atoms with Gasteiger partial charge in [-0.15, -0.1) is 13.2 Å². The number of rotatable bonds is 8. The molecule has 1 heterocycles. The molecule has 11 heteroatoms. The number of nitro benzene ring substituents is 1. The van der Waals surface area contributed by atoms with Gasteiger partial charge in [0.25, 0.3) is 17.2 Å². The maximum absolute atomic E-state index is 13.4. The summed E-state index contributed by atoms with van der Waals surface area (Å²) in [5.41, 5.74) is 0.334. The highest BCUT2D eigenvalue weighted by molar-refractivity contribution is 5.99. The fourth-order valence-electron chi connectivity index (χ4n) is 3.90. The van der Waals surface area contributed by atoms with E-state index in [1.807, 2.05) is 30.3 Å². The molecule has 1 amide bonds. The molecule has 1 aromatic heterocycles. The summed E-state index contributed by atoms with van der Waals surface area (Å²) < 4.78 is 42.4. The SMILES string of the molecule is O=C(NCCc1ccccc1)c1cc2c([N+](=O)[O-])cccc2n(Cc2ccc(OC(F)(F)F)cc2)c1=O. The molecule has 0 atom stereocenters. The number of carbonyl (C=O) groups is 1. The zero-order chi connectivity index (χ0) is 26.6. The Morgan fingerprint density at radius 2 is 1.68 bits per heavy atom. The Morgan fingerprint density at radius 1 is 0.973 bits per heavy atom. The Balaban J connectivity index is 1.69. The Bertz CT molecular complexity index is 1500. The lowest BCUT2D eigenvalue weighted by Gasteiger charge is -2.14. The van der Waals surface area contributed by atoms with Crippen LogP contribution in [0, 0.1) is 10.1 Å². The third-order valence-electron chi connectivity index (χ3n) is 5.60. The van der Waals surface area contributed by atoms with Gasteiger partial charge in [-0.25, -0.2) is 0 Å². The zero-order valence-corrected chi connectivity index (χ0v) is 19.2. The monoisotopic (exact) mass is 511 g/mol. The summed E-state index contributed by atoms with van der Waals surface area (Å²) in [6, 6.07) is 19.6. The highest BCUT2D eigenvalue weighted by atomic mass is 19.4. The predicted molar refractivity (Wildman–Crippen MR) is 130 cm³/mol. The van der Waals surface area contributed by atoms with Gasteiger partial charge in [-0.1, -0.05) is 48.5 Å². The molecule has 0 aliphatic rings. The number of nitrogens with zero attached hydrogens (tertiary/aromatic N) is 2. The standard InChI is InChI=1S/C26H20F3N3O5/c27-26(28,29)37-19-11-9-18(10-12-19)16-31-22-7-4-8-23(32(35)36)20(22)15-21(25(31)34)24(33)30-14-13-17-5-2-1-3-6-17/h1-12,15H,13-14,16H2,(H,30,33). The highest BCUT2D eigenvalue weighted by Crippen LogP contribution is 2.27. The summed E-state index contributed by atoms with van der Waals surface area (Å²) in [7, 11) is 0. The van der Waals surface area contributed by atoms with Crippen molar-refractivity contribution in [3.05, 3.63) is 116 Å². The number of hydrogen-bond donors (Lipinski definition) is 1. The van der Waals surface area contributed by atoms with E-state index in [1.165, 1.54) is 41.0 Å². The fraction of sp³-hybridized carbons (Fsp3) is 0.154. The second-order valence-corrected chi connectivity index (χ2v) is 8.10. The summed E-state index contributed by atoms with van der Waals surface area (Å²) in [5, 5.41) is 14.4. The molecular formula is C26H20F3N3O5. The van der Waals surface area contributed by atoms with Crippen LogP contribution in [-0.2, 0) is 13.0 Å². The van der Waals surface area contributed by atoms with E-state index in [2.05, 4.69) is 10.1 Å². The first kappa shape index (κ1) is 25.4. The Kier molecular flexibility index (Phi) is 7.23. The minimum absolute atomic E-state index is 0.0809. The molecule has 3 aromatic carbocycles. The fourth-order valence-corrected chi connectivity index (χ4v) is 3.90. The second kappa shape index (κ2) is 10.5. The number of hydrogen-bond acceptors (Lipinski definition) is 5. The molecule has 0 fully saturated rings. The minimum atomic E-state index is -4.85. The van der Waals surface area contributed by atoms with E-state index in [1.54, 1.807) is 0 Å². The first-order valence-corrected chi connectivity index (χ1v) is 11.1. The Hall–Kier alpha value is -4.67. The first-order chi connectivity index (χ1) is 17.6. The molecule has 0 aliphatic heterocycles. The van der Waals surface area contributed by atoms with Gasteiger partial charge in [-0.3, -0.25) is 19.7 Å². The van der Waals surface area contributed by atoms with Crippen LogP contribution >= 0.6 is 0 Å². The molecule has 0 bridgehead atoms. The van der Waals surface area contributed by atoms with Gasteiger partial charge < -0.3 is 14.6 Å². The lowest BCUT2D eigenvalue weighted by atomic mass is 10.1. The highest BCUT2D eigenvalue weighted by Gasteiger charge is 2.31. The smallest absolute Gasteiger partial charge is 0.406 e. The van der Waals surface area contributed by atoms with Crippen molar-refractivity contribution in [1.82, 2.24) is 9.88 Å². The molecule has 190 valence electrons. The number of carbonyl (C=O) groups excluding carboxylic acids is 1. The number of ether oxygens (including phenoxy) is 1. The number of aromatic nitrogens is 1. The molecule has 8 nitrogen and oxygen atoms in total. The average molecular weight is 511 g/mol. The molecule has 4 rings (SSSR count). The van der Waals surface area contributed by atoms with Gasteiger partial charge in [0.1, 0.15) is 11.3 Å². The van der Waals surface area contributed by atoms with E-state index in [9.17, 15) is 32.9 Å². The van der Waals surface area contributed by atoms with E-state index in [0.717, 1.165) is 17.7 Å². The van der Waals surface area contributed by atoms with Crippen LogP contribution in [0.15, 0.2) is 83.7 Å². The van der Waals surface area contributed by atoms with Crippen molar-refractivity contribution in [2.24, 2.45) is 0 Å². The van der Waals surface area contributed by atoms with Crippen molar-refractivity contribution >= 4 is 22.5 Å². The van der Waals surface area contributed by atoms with Gasteiger partial charge in [0.15, 0.2) is 0 Å². The molecule has 4 aromatic rings. The van der Waals surface area contributed by atoms with Gasteiger partial charge in [-0.05, 0) is 41.8 Å². The van der Waals surface area contributed by atoms with Crippen molar-refractivity contribution in [2.75, 3.05) is 6.54 Å². The quantitative estimate of drug-likeness (QED) is 0.270.